The first kappa shape index (κ1) is 33.5. The molecule has 0 fully saturated rings. The number of hydrogen-bond donors (Lipinski definition) is 1. The summed E-state index contributed by atoms with van der Waals surface area (Å²) in [6, 6.07) is 21.4. The molecule has 6 rings (SSSR count). The summed E-state index contributed by atoms with van der Waals surface area (Å²) in [5, 5.41) is 2.96. The first-order valence-corrected chi connectivity index (χ1v) is 18.0. The van der Waals surface area contributed by atoms with Crippen LogP contribution in [0.1, 0.15) is 54.1 Å². The van der Waals surface area contributed by atoms with E-state index in [1.807, 2.05) is 42.5 Å². The van der Waals surface area contributed by atoms with Gasteiger partial charge in [-0.05, 0) is 76.6 Å². The molecule has 11 heteroatoms. The standard InChI is InChI=1S/C37H32Cl2N2O6S/c1-48(45,46)29-12-5-9-24(17-29)18-32(37(44)47-22-23-7-3-2-4-8-23)40-35(42)33-31(38)20-28-21-41(16-15-30(28)34(33)39)36(43)27-14-13-25-10-6-11-26(25)19-27/h2-10,12-14,17,19-20,32H,11,15-16,18,21-22H2,1H3,(H,40,42). The summed E-state index contributed by atoms with van der Waals surface area (Å²) in [7, 11) is -3.51. The number of rotatable bonds is 9. The number of nitrogens with zero attached hydrogens (tertiary/aromatic N) is 1. The van der Waals surface area contributed by atoms with Crippen LogP contribution in [0.2, 0.25) is 10.0 Å². The number of hydrogen-bond acceptors (Lipinski definition) is 6. The molecule has 1 unspecified atom stereocenters. The highest BCUT2D eigenvalue weighted by Crippen LogP contribution is 2.35. The number of amides is 2. The molecule has 0 spiro atoms. The van der Waals surface area contributed by atoms with E-state index in [0.29, 0.717) is 29.7 Å². The van der Waals surface area contributed by atoms with E-state index in [0.717, 1.165) is 34.9 Å². The van der Waals surface area contributed by atoms with Crippen LogP contribution in [0, 0.1) is 0 Å². The summed E-state index contributed by atoms with van der Waals surface area (Å²) in [5.74, 6) is -1.49. The molecule has 0 saturated heterocycles. The van der Waals surface area contributed by atoms with Gasteiger partial charge in [-0.1, -0.05) is 83.9 Å². The molecule has 2 aliphatic rings. The quantitative estimate of drug-likeness (QED) is 0.207. The van der Waals surface area contributed by atoms with Crippen LogP contribution in [0.5, 0.6) is 0 Å². The Labute approximate surface area is 289 Å². The van der Waals surface area contributed by atoms with Gasteiger partial charge in [-0.25, -0.2) is 13.2 Å². The highest BCUT2D eigenvalue weighted by atomic mass is 35.5. The Bertz CT molecular complexity index is 2060. The summed E-state index contributed by atoms with van der Waals surface area (Å²) < 4.78 is 29.9. The van der Waals surface area contributed by atoms with E-state index in [4.69, 9.17) is 27.9 Å². The van der Waals surface area contributed by atoms with Gasteiger partial charge in [0.1, 0.15) is 12.6 Å². The van der Waals surface area contributed by atoms with Crippen LogP contribution in [0.4, 0.5) is 0 Å². The third-order valence-electron chi connectivity index (χ3n) is 8.52. The van der Waals surface area contributed by atoms with Gasteiger partial charge in [-0.15, -0.1) is 0 Å². The third kappa shape index (κ3) is 7.33. The summed E-state index contributed by atoms with van der Waals surface area (Å²) in [6.45, 7) is 0.651. The molecule has 4 aromatic rings. The highest BCUT2D eigenvalue weighted by Gasteiger charge is 2.31. The molecular formula is C37H32Cl2N2O6S. The van der Waals surface area contributed by atoms with Gasteiger partial charge >= 0.3 is 5.97 Å². The topological polar surface area (TPSA) is 110 Å². The van der Waals surface area contributed by atoms with E-state index in [-0.39, 0.29) is 46.0 Å². The highest BCUT2D eigenvalue weighted by molar-refractivity contribution is 7.90. The number of sulfone groups is 1. The van der Waals surface area contributed by atoms with Crippen LogP contribution >= 0.6 is 23.2 Å². The SMILES string of the molecule is CS(=O)(=O)c1cccc(CC(NC(=O)c2c(Cl)cc3c(c2Cl)CCN(C(=O)c2ccc4c(c2)CC=C4)C3)C(=O)OCc2ccccc2)c1. The van der Waals surface area contributed by atoms with Crippen molar-refractivity contribution in [3.63, 3.8) is 0 Å². The molecule has 0 saturated carbocycles. The Hall–Kier alpha value is -4.44. The Morgan fingerprint density at radius 3 is 2.48 bits per heavy atom. The first-order valence-electron chi connectivity index (χ1n) is 15.4. The molecule has 1 aliphatic carbocycles. The summed E-state index contributed by atoms with van der Waals surface area (Å²) >= 11 is 13.5. The van der Waals surface area contributed by atoms with Crippen LogP contribution in [-0.4, -0.2) is 49.9 Å². The second kappa shape index (κ2) is 14.0. The van der Waals surface area contributed by atoms with Crippen molar-refractivity contribution in [2.75, 3.05) is 12.8 Å². The molecule has 0 radical (unpaired) electrons. The van der Waals surface area contributed by atoms with Gasteiger partial charge in [-0.3, -0.25) is 9.59 Å². The second-order valence-electron chi connectivity index (χ2n) is 11.9. The number of ether oxygens (including phenoxy) is 1. The molecule has 2 amide bonds. The van der Waals surface area contributed by atoms with Crippen molar-refractivity contribution in [3.8, 4) is 0 Å². The molecule has 1 N–H and O–H groups in total. The number of allylic oxidation sites excluding steroid dienone is 1. The zero-order valence-electron chi connectivity index (χ0n) is 26.0. The third-order valence-corrected chi connectivity index (χ3v) is 10.3. The number of halogens is 2. The number of esters is 1. The van der Waals surface area contributed by atoms with Gasteiger partial charge in [0.25, 0.3) is 11.8 Å². The van der Waals surface area contributed by atoms with Crippen LogP contribution in [0.25, 0.3) is 6.08 Å². The maximum atomic E-state index is 13.8. The van der Waals surface area contributed by atoms with E-state index in [2.05, 4.69) is 11.4 Å². The van der Waals surface area contributed by atoms with Gasteiger partial charge < -0.3 is 15.0 Å². The minimum absolute atomic E-state index is 0.00808. The molecule has 8 nitrogen and oxygen atoms in total. The van der Waals surface area contributed by atoms with Gasteiger partial charge in [0.05, 0.1) is 20.5 Å². The van der Waals surface area contributed by atoms with Crippen molar-refractivity contribution in [1.82, 2.24) is 10.2 Å². The summed E-state index contributed by atoms with van der Waals surface area (Å²) in [6.07, 6.45) is 6.38. The molecule has 1 aliphatic heterocycles. The maximum Gasteiger partial charge on any atom is 0.329 e. The molecular weight excluding hydrogens is 671 g/mol. The molecule has 4 aromatic carbocycles. The van der Waals surface area contributed by atoms with Crippen LogP contribution in [-0.2, 0) is 51.8 Å². The molecule has 1 atom stereocenters. The fourth-order valence-corrected chi connectivity index (χ4v) is 7.45. The van der Waals surface area contributed by atoms with E-state index >= 15 is 0 Å². The van der Waals surface area contributed by atoms with Gasteiger partial charge in [-0.2, -0.15) is 0 Å². The average molecular weight is 704 g/mol. The van der Waals surface area contributed by atoms with Crippen molar-refractivity contribution < 1.29 is 27.5 Å². The Morgan fingerprint density at radius 1 is 0.938 bits per heavy atom. The van der Waals surface area contributed by atoms with Crippen LogP contribution < -0.4 is 5.32 Å². The number of nitrogens with one attached hydrogen (secondary N) is 1. The fraction of sp³-hybridized carbons (Fsp3) is 0.216. The number of carbonyl (C=O) groups is 3. The Balaban J connectivity index is 1.22. The smallest absolute Gasteiger partial charge is 0.329 e. The van der Waals surface area contributed by atoms with Gasteiger partial charge in [0, 0.05) is 31.3 Å². The molecule has 0 bridgehead atoms. The van der Waals surface area contributed by atoms with E-state index < -0.39 is 27.8 Å². The Morgan fingerprint density at radius 2 is 1.71 bits per heavy atom. The van der Waals surface area contributed by atoms with E-state index in [1.165, 1.54) is 12.1 Å². The lowest BCUT2D eigenvalue weighted by molar-refractivity contribution is -0.147. The van der Waals surface area contributed by atoms with Crippen molar-refractivity contribution in [1.29, 1.82) is 0 Å². The number of benzene rings is 4. The lowest BCUT2D eigenvalue weighted by Crippen LogP contribution is -2.43. The first-order chi connectivity index (χ1) is 23.0. The minimum Gasteiger partial charge on any atom is -0.459 e. The Kier molecular flexibility index (Phi) is 9.73. The lowest BCUT2D eigenvalue weighted by atomic mass is 9.95. The predicted molar refractivity (Wildman–Crippen MR) is 185 cm³/mol. The molecule has 246 valence electrons. The lowest BCUT2D eigenvalue weighted by Gasteiger charge is -2.30. The number of carbonyl (C=O) groups excluding carboxylic acids is 3. The zero-order chi connectivity index (χ0) is 34.0. The van der Waals surface area contributed by atoms with Crippen molar-refractivity contribution in [3.05, 3.63) is 139 Å². The summed E-state index contributed by atoms with van der Waals surface area (Å²) in [5.41, 5.74) is 5.57. The average Bonchev–Trinajstić information content (AvgIpc) is 3.55. The van der Waals surface area contributed by atoms with E-state index in [9.17, 15) is 22.8 Å². The van der Waals surface area contributed by atoms with Gasteiger partial charge in [0.15, 0.2) is 9.84 Å². The van der Waals surface area contributed by atoms with Crippen molar-refractivity contribution in [2.45, 2.75) is 43.4 Å². The number of fused-ring (bicyclic) bond motifs is 2. The molecule has 48 heavy (non-hydrogen) atoms. The monoisotopic (exact) mass is 702 g/mol. The van der Waals surface area contributed by atoms with Crippen LogP contribution in [0.3, 0.4) is 0 Å². The van der Waals surface area contributed by atoms with Crippen molar-refractivity contribution in [2.24, 2.45) is 0 Å². The largest absolute Gasteiger partial charge is 0.459 e. The minimum atomic E-state index is -3.51. The van der Waals surface area contributed by atoms with Crippen molar-refractivity contribution >= 4 is 56.9 Å². The fourth-order valence-electron chi connectivity index (χ4n) is 6.00. The van der Waals surface area contributed by atoms with E-state index in [1.54, 1.807) is 35.2 Å². The van der Waals surface area contributed by atoms with Crippen LogP contribution in [0.15, 0.2) is 89.8 Å². The molecule has 0 aromatic heterocycles. The normalized spacial score (nSPS) is 14.2. The second-order valence-corrected chi connectivity index (χ2v) is 14.7. The molecule has 1 heterocycles. The predicted octanol–water partition coefficient (Wildman–Crippen LogP) is 6.25. The zero-order valence-corrected chi connectivity index (χ0v) is 28.4. The maximum absolute atomic E-state index is 13.8. The van der Waals surface area contributed by atoms with Gasteiger partial charge in [0.2, 0.25) is 0 Å². The summed E-state index contributed by atoms with van der Waals surface area (Å²) in [4.78, 5) is 42.4.